The summed E-state index contributed by atoms with van der Waals surface area (Å²) in [5.41, 5.74) is 7.78. The number of nitrogens with two attached hydrogens (primary N) is 1. The van der Waals surface area contributed by atoms with E-state index in [-0.39, 0.29) is 0 Å². The molecule has 1 fully saturated rings. The Morgan fingerprint density at radius 1 is 1.18 bits per heavy atom. The molecule has 0 spiro atoms. The number of hydrogen-bond donors (Lipinski definition) is 2. The highest BCUT2D eigenvalue weighted by atomic mass is 16.5. The van der Waals surface area contributed by atoms with E-state index >= 15 is 0 Å². The fourth-order valence-electron chi connectivity index (χ4n) is 3.47. The molecular formula is C19H21N7O2. The van der Waals surface area contributed by atoms with Crippen molar-refractivity contribution in [2.45, 2.75) is 0 Å². The van der Waals surface area contributed by atoms with Crippen molar-refractivity contribution < 1.29 is 9.15 Å². The van der Waals surface area contributed by atoms with Gasteiger partial charge in [-0.25, -0.2) is 14.5 Å². The Bertz CT molecular complexity index is 1110. The third kappa shape index (κ3) is 2.94. The molecule has 4 aromatic rings. The van der Waals surface area contributed by atoms with Crippen molar-refractivity contribution >= 4 is 22.4 Å². The van der Waals surface area contributed by atoms with E-state index in [0.717, 1.165) is 54.3 Å². The number of nitrogens with zero attached hydrogens (tertiary/aromatic N) is 5. The van der Waals surface area contributed by atoms with Crippen LogP contribution in [0.5, 0.6) is 5.88 Å². The lowest BCUT2D eigenvalue weighted by atomic mass is 10.2. The van der Waals surface area contributed by atoms with Crippen LogP contribution < -0.4 is 20.7 Å². The van der Waals surface area contributed by atoms with Crippen LogP contribution in [0.3, 0.4) is 0 Å². The maximum atomic E-state index is 6.13. The molecule has 1 aliphatic rings. The van der Waals surface area contributed by atoms with Crippen molar-refractivity contribution in [3.8, 4) is 17.3 Å². The SMILES string of the molecule is NCCOc1ccc2ncc(-c3cc4c(N5CCNCC5)nccc4o3)n2n1. The molecule has 0 atom stereocenters. The number of rotatable bonds is 5. The molecule has 4 aromatic heterocycles. The van der Waals surface area contributed by atoms with Gasteiger partial charge in [-0.1, -0.05) is 0 Å². The summed E-state index contributed by atoms with van der Waals surface area (Å²) in [5, 5.41) is 8.87. The molecule has 0 amide bonds. The van der Waals surface area contributed by atoms with E-state index in [4.69, 9.17) is 14.9 Å². The number of anilines is 1. The van der Waals surface area contributed by atoms with Gasteiger partial charge >= 0.3 is 0 Å². The van der Waals surface area contributed by atoms with E-state index in [0.29, 0.717) is 24.8 Å². The lowest BCUT2D eigenvalue weighted by Gasteiger charge is -2.28. The number of nitrogens with one attached hydrogen (secondary N) is 1. The first-order chi connectivity index (χ1) is 13.8. The molecule has 9 nitrogen and oxygen atoms in total. The first-order valence-electron chi connectivity index (χ1n) is 9.36. The molecule has 0 aromatic carbocycles. The van der Waals surface area contributed by atoms with Gasteiger partial charge in [-0.2, -0.15) is 0 Å². The first kappa shape index (κ1) is 17.0. The summed E-state index contributed by atoms with van der Waals surface area (Å²) in [4.78, 5) is 11.3. The number of fused-ring (bicyclic) bond motifs is 2. The summed E-state index contributed by atoms with van der Waals surface area (Å²) in [7, 11) is 0. The average Bonchev–Trinajstić information content (AvgIpc) is 3.36. The van der Waals surface area contributed by atoms with Crippen molar-refractivity contribution in [2.75, 3.05) is 44.2 Å². The van der Waals surface area contributed by atoms with Gasteiger partial charge in [-0.05, 0) is 18.2 Å². The predicted octanol–water partition coefficient (Wildman–Crippen LogP) is 1.28. The minimum Gasteiger partial charge on any atom is -0.475 e. The highest BCUT2D eigenvalue weighted by molar-refractivity contribution is 5.92. The Morgan fingerprint density at radius 2 is 2.07 bits per heavy atom. The van der Waals surface area contributed by atoms with Crippen molar-refractivity contribution in [1.29, 1.82) is 0 Å². The van der Waals surface area contributed by atoms with Gasteiger partial charge < -0.3 is 25.1 Å². The monoisotopic (exact) mass is 379 g/mol. The predicted molar refractivity (Wildman–Crippen MR) is 106 cm³/mol. The van der Waals surface area contributed by atoms with Crippen LogP contribution in [0, 0.1) is 0 Å². The van der Waals surface area contributed by atoms with Crippen LogP contribution in [-0.2, 0) is 0 Å². The molecule has 9 heteroatoms. The average molecular weight is 379 g/mol. The largest absolute Gasteiger partial charge is 0.475 e. The summed E-state index contributed by atoms with van der Waals surface area (Å²) in [5.74, 6) is 2.13. The second-order valence-corrected chi connectivity index (χ2v) is 6.62. The molecule has 0 aliphatic carbocycles. The van der Waals surface area contributed by atoms with Gasteiger partial charge in [0.1, 0.15) is 23.7 Å². The zero-order valence-corrected chi connectivity index (χ0v) is 15.3. The standard InChI is InChI=1S/C19H21N7O2/c20-4-10-27-18-2-1-17-23-12-14(26(17)24-18)16-11-13-15(28-16)3-5-22-19(13)25-8-6-21-7-9-25/h1-3,5,11-12,21H,4,6-10,20H2. The van der Waals surface area contributed by atoms with Crippen LogP contribution in [-0.4, -0.2) is 58.9 Å². The van der Waals surface area contributed by atoms with E-state index in [1.807, 2.05) is 18.2 Å². The molecule has 28 heavy (non-hydrogen) atoms. The Hall–Kier alpha value is -3.17. The molecule has 5 rings (SSSR count). The van der Waals surface area contributed by atoms with Gasteiger partial charge in [-0.3, -0.25) is 0 Å². The Balaban J connectivity index is 1.57. The summed E-state index contributed by atoms with van der Waals surface area (Å²) >= 11 is 0. The number of furan rings is 1. The number of aromatic nitrogens is 4. The summed E-state index contributed by atoms with van der Waals surface area (Å²) < 4.78 is 13.4. The van der Waals surface area contributed by atoms with Crippen molar-refractivity contribution in [2.24, 2.45) is 5.73 Å². The highest BCUT2D eigenvalue weighted by Crippen LogP contribution is 2.33. The second-order valence-electron chi connectivity index (χ2n) is 6.62. The molecule has 0 unspecified atom stereocenters. The minimum absolute atomic E-state index is 0.410. The van der Waals surface area contributed by atoms with Gasteiger partial charge in [0, 0.05) is 45.0 Å². The fraction of sp³-hybridized carbons (Fsp3) is 0.316. The number of piperazine rings is 1. The zero-order chi connectivity index (χ0) is 18.9. The minimum atomic E-state index is 0.410. The molecular weight excluding hydrogens is 358 g/mol. The molecule has 0 radical (unpaired) electrons. The molecule has 3 N–H and O–H groups in total. The Kier molecular flexibility index (Phi) is 4.30. The lowest BCUT2D eigenvalue weighted by Crippen LogP contribution is -2.43. The molecule has 1 saturated heterocycles. The van der Waals surface area contributed by atoms with Gasteiger partial charge in [0.25, 0.3) is 0 Å². The number of ether oxygens (including phenoxy) is 1. The van der Waals surface area contributed by atoms with Crippen LogP contribution in [0.25, 0.3) is 28.1 Å². The summed E-state index contributed by atoms with van der Waals surface area (Å²) in [6.45, 7) is 4.59. The van der Waals surface area contributed by atoms with E-state index < -0.39 is 0 Å². The lowest BCUT2D eigenvalue weighted by molar-refractivity contribution is 0.310. The van der Waals surface area contributed by atoms with Crippen LogP contribution in [0.1, 0.15) is 0 Å². The fourth-order valence-corrected chi connectivity index (χ4v) is 3.47. The number of imidazole rings is 1. The second kappa shape index (κ2) is 7.10. The van der Waals surface area contributed by atoms with Gasteiger partial charge in [0.05, 0.1) is 11.6 Å². The van der Waals surface area contributed by atoms with E-state index in [1.54, 1.807) is 23.0 Å². The van der Waals surface area contributed by atoms with E-state index in [1.165, 1.54) is 0 Å². The Morgan fingerprint density at radius 3 is 2.93 bits per heavy atom. The number of pyridine rings is 1. The normalized spacial score (nSPS) is 14.8. The molecule has 5 heterocycles. The van der Waals surface area contributed by atoms with E-state index in [2.05, 4.69) is 25.3 Å². The maximum Gasteiger partial charge on any atom is 0.231 e. The molecule has 144 valence electrons. The quantitative estimate of drug-likeness (QED) is 0.534. The van der Waals surface area contributed by atoms with Gasteiger partial charge in [0.15, 0.2) is 11.4 Å². The molecule has 0 bridgehead atoms. The van der Waals surface area contributed by atoms with Crippen LogP contribution in [0.2, 0.25) is 0 Å². The highest BCUT2D eigenvalue weighted by Gasteiger charge is 2.19. The zero-order valence-electron chi connectivity index (χ0n) is 15.3. The summed E-state index contributed by atoms with van der Waals surface area (Å²) in [6.07, 6.45) is 3.54. The van der Waals surface area contributed by atoms with Gasteiger partial charge in [0.2, 0.25) is 5.88 Å². The molecule has 1 aliphatic heterocycles. The third-order valence-electron chi connectivity index (χ3n) is 4.80. The molecule has 0 saturated carbocycles. The van der Waals surface area contributed by atoms with Crippen LogP contribution in [0.15, 0.2) is 41.1 Å². The Labute approximate surface area is 161 Å². The first-order valence-corrected chi connectivity index (χ1v) is 9.36. The topological polar surface area (TPSA) is 107 Å². The third-order valence-corrected chi connectivity index (χ3v) is 4.80. The van der Waals surface area contributed by atoms with Gasteiger partial charge in [-0.15, -0.1) is 5.10 Å². The number of hydrogen-bond acceptors (Lipinski definition) is 8. The van der Waals surface area contributed by atoms with Crippen LogP contribution in [0.4, 0.5) is 5.82 Å². The van der Waals surface area contributed by atoms with Crippen LogP contribution >= 0.6 is 0 Å². The van der Waals surface area contributed by atoms with E-state index in [9.17, 15) is 0 Å². The summed E-state index contributed by atoms with van der Waals surface area (Å²) in [6, 6.07) is 7.54. The van der Waals surface area contributed by atoms with Crippen molar-refractivity contribution in [1.82, 2.24) is 24.9 Å². The van der Waals surface area contributed by atoms with Crippen molar-refractivity contribution in [3.63, 3.8) is 0 Å². The smallest absolute Gasteiger partial charge is 0.231 e. The maximum absolute atomic E-state index is 6.13. The van der Waals surface area contributed by atoms with Crippen molar-refractivity contribution in [3.05, 3.63) is 36.7 Å².